The maximum absolute atomic E-state index is 11.2. The standard InChI is InChI=1S/C14H21NO3/c1-4-8-18-13-7-5-6-12(9-13)10-15-11(2)14(16)17-3/h5-7,9,11,15H,4,8,10H2,1-3H3. The van der Waals surface area contributed by atoms with E-state index < -0.39 is 0 Å². The second kappa shape index (κ2) is 7.71. The van der Waals surface area contributed by atoms with Crippen LogP contribution in [-0.2, 0) is 16.1 Å². The van der Waals surface area contributed by atoms with Gasteiger partial charge in [-0.3, -0.25) is 4.79 Å². The van der Waals surface area contributed by atoms with E-state index in [2.05, 4.69) is 17.0 Å². The summed E-state index contributed by atoms with van der Waals surface area (Å²) in [5.74, 6) is 0.607. The van der Waals surface area contributed by atoms with Crippen molar-refractivity contribution in [1.82, 2.24) is 5.32 Å². The van der Waals surface area contributed by atoms with E-state index in [1.165, 1.54) is 7.11 Å². The Bertz CT molecular complexity index is 379. The van der Waals surface area contributed by atoms with Gasteiger partial charge in [0.2, 0.25) is 0 Å². The summed E-state index contributed by atoms with van der Waals surface area (Å²) in [6.45, 7) is 5.18. The van der Waals surface area contributed by atoms with Gasteiger partial charge in [0, 0.05) is 6.54 Å². The summed E-state index contributed by atoms with van der Waals surface area (Å²) in [6, 6.07) is 7.55. The predicted molar refractivity (Wildman–Crippen MR) is 70.5 cm³/mol. The lowest BCUT2D eigenvalue weighted by atomic mass is 10.2. The predicted octanol–water partition coefficient (Wildman–Crippen LogP) is 2.13. The number of rotatable bonds is 7. The van der Waals surface area contributed by atoms with Crippen molar-refractivity contribution >= 4 is 5.97 Å². The number of esters is 1. The fraction of sp³-hybridized carbons (Fsp3) is 0.500. The molecule has 0 aliphatic carbocycles. The van der Waals surface area contributed by atoms with E-state index in [1.807, 2.05) is 24.3 Å². The van der Waals surface area contributed by atoms with Crippen LogP contribution in [0.2, 0.25) is 0 Å². The fourth-order valence-corrected chi connectivity index (χ4v) is 1.50. The number of hydrogen-bond acceptors (Lipinski definition) is 4. The molecule has 4 heteroatoms. The van der Waals surface area contributed by atoms with Crippen molar-refractivity contribution in [2.24, 2.45) is 0 Å². The largest absolute Gasteiger partial charge is 0.494 e. The Labute approximate surface area is 108 Å². The number of carbonyl (C=O) groups excluding carboxylic acids is 1. The highest BCUT2D eigenvalue weighted by Gasteiger charge is 2.11. The molecule has 1 aromatic rings. The van der Waals surface area contributed by atoms with Gasteiger partial charge in [0.1, 0.15) is 11.8 Å². The van der Waals surface area contributed by atoms with E-state index in [0.29, 0.717) is 6.54 Å². The van der Waals surface area contributed by atoms with E-state index in [9.17, 15) is 4.79 Å². The second-order valence-corrected chi connectivity index (χ2v) is 4.12. The number of benzene rings is 1. The Kier molecular flexibility index (Phi) is 6.22. The number of hydrogen-bond donors (Lipinski definition) is 1. The van der Waals surface area contributed by atoms with Crippen LogP contribution in [0.3, 0.4) is 0 Å². The van der Waals surface area contributed by atoms with E-state index in [-0.39, 0.29) is 12.0 Å². The molecule has 1 rings (SSSR count). The monoisotopic (exact) mass is 251 g/mol. The molecule has 100 valence electrons. The first kappa shape index (κ1) is 14.5. The van der Waals surface area contributed by atoms with Gasteiger partial charge < -0.3 is 14.8 Å². The summed E-state index contributed by atoms with van der Waals surface area (Å²) in [7, 11) is 1.39. The Balaban J connectivity index is 2.49. The van der Waals surface area contributed by atoms with Gasteiger partial charge in [-0.25, -0.2) is 0 Å². The zero-order valence-corrected chi connectivity index (χ0v) is 11.2. The molecule has 0 saturated heterocycles. The number of nitrogens with one attached hydrogen (secondary N) is 1. The van der Waals surface area contributed by atoms with Crippen LogP contribution < -0.4 is 10.1 Å². The topological polar surface area (TPSA) is 47.6 Å². The molecule has 1 atom stereocenters. The van der Waals surface area contributed by atoms with Gasteiger partial charge in [0.15, 0.2) is 0 Å². The molecular formula is C14H21NO3. The zero-order chi connectivity index (χ0) is 13.4. The van der Waals surface area contributed by atoms with Crippen molar-refractivity contribution in [2.45, 2.75) is 32.9 Å². The Morgan fingerprint density at radius 3 is 2.89 bits per heavy atom. The second-order valence-electron chi connectivity index (χ2n) is 4.12. The molecule has 0 radical (unpaired) electrons. The highest BCUT2D eigenvalue weighted by atomic mass is 16.5. The van der Waals surface area contributed by atoms with Crippen LogP contribution in [0.4, 0.5) is 0 Å². The van der Waals surface area contributed by atoms with Crippen molar-refractivity contribution < 1.29 is 14.3 Å². The molecule has 0 heterocycles. The summed E-state index contributed by atoms with van der Waals surface area (Å²) < 4.78 is 10.2. The van der Waals surface area contributed by atoms with Gasteiger partial charge in [-0.2, -0.15) is 0 Å². The van der Waals surface area contributed by atoms with E-state index in [0.717, 1.165) is 24.3 Å². The molecule has 0 saturated carbocycles. The van der Waals surface area contributed by atoms with Crippen LogP contribution in [0.25, 0.3) is 0 Å². The van der Waals surface area contributed by atoms with Crippen LogP contribution >= 0.6 is 0 Å². The summed E-state index contributed by atoms with van der Waals surface area (Å²) >= 11 is 0. The van der Waals surface area contributed by atoms with E-state index >= 15 is 0 Å². The van der Waals surface area contributed by atoms with Gasteiger partial charge in [-0.05, 0) is 31.0 Å². The molecule has 4 nitrogen and oxygen atoms in total. The van der Waals surface area contributed by atoms with Gasteiger partial charge in [0.25, 0.3) is 0 Å². The van der Waals surface area contributed by atoms with Crippen LogP contribution in [0.1, 0.15) is 25.8 Å². The van der Waals surface area contributed by atoms with Gasteiger partial charge in [0.05, 0.1) is 13.7 Å². The van der Waals surface area contributed by atoms with Crippen LogP contribution in [0, 0.1) is 0 Å². The molecule has 0 aliphatic heterocycles. The van der Waals surface area contributed by atoms with Crippen molar-refractivity contribution in [1.29, 1.82) is 0 Å². The minimum absolute atomic E-state index is 0.256. The van der Waals surface area contributed by atoms with Crippen LogP contribution in [0.5, 0.6) is 5.75 Å². The normalized spacial score (nSPS) is 11.9. The third kappa shape index (κ3) is 4.75. The molecule has 1 unspecified atom stereocenters. The molecule has 18 heavy (non-hydrogen) atoms. The average Bonchev–Trinajstić information content (AvgIpc) is 2.42. The lowest BCUT2D eigenvalue weighted by Gasteiger charge is -2.12. The molecule has 0 amide bonds. The molecule has 1 aromatic carbocycles. The number of ether oxygens (including phenoxy) is 2. The van der Waals surface area contributed by atoms with Gasteiger partial charge in [-0.15, -0.1) is 0 Å². The highest BCUT2D eigenvalue weighted by molar-refractivity contribution is 5.75. The first-order valence-corrected chi connectivity index (χ1v) is 6.20. The maximum Gasteiger partial charge on any atom is 0.322 e. The smallest absolute Gasteiger partial charge is 0.322 e. The Morgan fingerprint density at radius 1 is 1.44 bits per heavy atom. The number of carbonyl (C=O) groups is 1. The number of methoxy groups -OCH3 is 1. The third-order valence-electron chi connectivity index (χ3n) is 2.54. The van der Waals surface area contributed by atoms with Crippen molar-refractivity contribution in [2.75, 3.05) is 13.7 Å². The SMILES string of the molecule is CCCOc1cccc(CNC(C)C(=O)OC)c1. The molecule has 1 N–H and O–H groups in total. The summed E-state index contributed by atoms with van der Waals surface area (Å²) in [6.07, 6.45) is 0.988. The lowest BCUT2D eigenvalue weighted by Crippen LogP contribution is -2.34. The van der Waals surface area contributed by atoms with Gasteiger partial charge in [-0.1, -0.05) is 19.1 Å². The third-order valence-corrected chi connectivity index (χ3v) is 2.54. The highest BCUT2D eigenvalue weighted by Crippen LogP contribution is 2.13. The molecule has 0 fully saturated rings. The Morgan fingerprint density at radius 2 is 2.22 bits per heavy atom. The van der Waals surface area contributed by atoms with Crippen LogP contribution in [0.15, 0.2) is 24.3 Å². The van der Waals surface area contributed by atoms with Crippen molar-refractivity contribution in [3.63, 3.8) is 0 Å². The van der Waals surface area contributed by atoms with E-state index in [1.54, 1.807) is 6.92 Å². The fourth-order valence-electron chi connectivity index (χ4n) is 1.50. The summed E-state index contributed by atoms with van der Waals surface area (Å²) in [5, 5.41) is 3.10. The van der Waals surface area contributed by atoms with Crippen molar-refractivity contribution in [3.05, 3.63) is 29.8 Å². The zero-order valence-electron chi connectivity index (χ0n) is 11.2. The lowest BCUT2D eigenvalue weighted by molar-refractivity contribution is -0.142. The first-order valence-electron chi connectivity index (χ1n) is 6.20. The molecule has 0 aliphatic rings. The summed E-state index contributed by atoms with van der Waals surface area (Å²) in [4.78, 5) is 11.2. The van der Waals surface area contributed by atoms with Gasteiger partial charge >= 0.3 is 5.97 Å². The quantitative estimate of drug-likeness (QED) is 0.754. The van der Waals surface area contributed by atoms with Crippen LogP contribution in [-0.4, -0.2) is 25.7 Å². The van der Waals surface area contributed by atoms with Crippen molar-refractivity contribution in [3.8, 4) is 5.75 Å². The van der Waals surface area contributed by atoms with E-state index in [4.69, 9.17) is 4.74 Å². The molecule has 0 aromatic heterocycles. The first-order chi connectivity index (χ1) is 8.67. The maximum atomic E-state index is 11.2. The molecular weight excluding hydrogens is 230 g/mol. The molecule has 0 spiro atoms. The Hall–Kier alpha value is -1.55. The minimum atomic E-state index is -0.310. The summed E-state index contributed by atoms with van der Waals surface area (Å²) in [5.41, 5.74) is 1.08. The molecule has 0 bridgehead atoms. The minimum Gasteiger partial charge on any atom is -0.494 e. The average molecular weight is 251 g/mol.